The summed E-state index contributed by atoms with van der Waals surface area (Å²) in [7, 11) is 1.34. The predicted molar refractivity (Wildman–Crippen MR) is 69.0 cm³/mol. The van der Waals surface area contributed by atoms with Gasteiger partial charge in [0.2, 0.25) is 5.91 Å². The number of amides is 1. The Balaban J connectivity index is 0. The van der Waals surface area contributed by atoms with Gasteiger partial charge in [0.05, 0.1) is 25.1 Å². The zero-order valence-corrected chi connectivity index (χ0v) is 11.7. The SMILES string of the molecule is CCC(CC)(CC(=O)OC)NC(=O)[C@H](C)N.Cl. The Hall–Kier alpha value is -0.810. The van der Waals surface area contributed by atoms with E-state index in [1.165, 1.54) is 7.11 Å². The van der Waals surface area contributed by atoms with E-state index >= 15 is 0 Å². The molecule has 0 aliphatic rings. The van der Waals surface area contributed by atoms with Crippen molar-refractivity contribution in [2.75, 3.05) is 7.11 Å². The zero-order chi connectivity index (χ0) is 12.8. The fourth-order valence-electron chi connectivity index (χ4n) is 1.44. The first-order chi connectivity index (χ1) is 7.40. The van der Waals surface area contributed by atoms with Crippen molar-refractivity contribution < 1.29 is 14.3 Å². The largest absolute Gasteiger partial charge is 0.469 e. The van der Waals surface area contributed by atoms with Crippen molar-refractivity contribution in [1.29, 1.82) is 0 Å². The Bertz CT molecular complexity index is 253. The van der Waals surface area contributed by atoms with Crippen LogP contribution >= 0.6 is 12.4 Å². The molecule has 0 aromatic carbocycles. The van der Waals surface area contributed by atoms with Crippen LogP contribution < -0.4 is 11.1 Å². The van der Waals surface area contributed by atoms with Gasteiger partial charge in [-0.05, 0) is 19.8 Å². The third-order valence-electron chi connectivity index (χ3n) is 2.87. The summed E-state index contributed by atoms with van der Waals surface area (Å²) in [6.45, 7) is 5.46. The Morgan fingerprint density at radius 2 is 1.82 bits per heavy atom. The predicted octanol–water partition coefficient (Wildman–Crippen LogP) is 0.994. The topological polar surface area (TPSA) is 81.4 Å². The van der Waals surface area contributed by atoms with E-state index in [0.717, 1.165) is 0 Å². The van der Waals surface area contributed by atoms with Crippen molar-refractivity contribution >= 4 is 24.3 Å². The molecule has 6 heteroatoms. The number of ether oxygens (including phenoxy) is 1. The molecule has 0 spiro atoms. The second kappa shape index (κ2) is 8.31. The molecule has 0 aromatic rings. The van der Waals surface area contributed by atoms with Crippen molar-refractivity contribution in [2.24, 2.45) is 5.73 Å². The Morgan fingerprint density at radius 1 is 1.35 bits per heavy atom. The standard InChI is InChI=1S/C11H22N2O3.ClH/c1-5-11(6-2,7-9(14)16-4)13-10(15)8(3)12;/h8H,5-7,12H2,1-4H3,(H,13,15);1H/t8-;/m0./s1. The molecule has 102 valence electrons. The van der Waals surface area contributed by atoms with Crippen LogP contribution in [0.3, 0.4) is 0 Å². The summed E-state index contributed by atoms with van der Waals surface area (Å²) in [6.07, 6.45) is 1.50. The van der Waals surface area contributed by atoms with Crippen LogP contribution in [0.4, 0.5) is 0 Å². The van der Waals surface area contributed by atoms with Crippen LogP contribution in [0.15, 0.2) is 0 Å². The summed E-state index contributed by atoms with van der Waals surface area (Å²) in [6, 6.07) is -0.574. The van der Waals surface area contributed by atoms with Gasteiger partial charge in [0.1, 0.15) is 0 Å². The third-order valence-corrected chi connectivity index (χ3v) is 2.87. The molecule has 1 amide bonds. The molecule has 1 atom stereocenters. The molecule has 3 N–H and O–H groups in total. The smallest absolute Gasteiger partial charge is 0.307 e. The minimum Gasteiger partial charge on any atom is -0.469 e. The summed E-state index contributed by atoms with van der Waals surface area (Å²) < 4.78 is 4.63. The fourth-order valence-corrected chi connectivity index (χ4v) is 1.44. The molecule has 0 heterocycles. The first-order valence-electron chi connectivity index (χ1n) is 5.55. The van der Waals surface area contributed by atoms with E-state index in [9.17, 15) is 9.59 Å². The lowest BCUT2D eigenvalue weighted by molar-refractivity contribution is -0.143. The number of carbonyl (C=O) groups excluding carboxylic acids is 2. The third kappa shape index (κ3) is 5.89. The number of nitrogens with two attached hydrogens (primary N) is 1. The van der Waals surface area contributed by atoms with Crippen molar-refractivity contribution in [1.82, 2.24) is 5.32 Å². The monoisotopic (exact) mass is 266 g/mol. The highest BCUT2D eigenvalue weighted by molar-refractivity contribution is 5.85. The number of esters is 1. The van der Waals surface area contributed by atoms with Crippen LogP contribution in [0.2, 0.25) is 0 Å². The molecule has 0 aliphatic heterocycles. The molecule has 0 radical (unpaired) electrons. The van der Waals surface area contributed by atoms with Crippen molar-refractivity contribution in [2.45, 2.75) is 51.6 Å². The highest BCUT2D eigenvalue weighted by Gasteiger charge is 2.32. The first-order valence-corrected chi connectivity index (χ1v) is 5.55. The summed E-state index contributed by atoms with van der Waals surface area (Å²) in [4.78, 5) is 22.8. The van der Waals surface area contributed by atoms with Crippen molar-refractivity contribution in [3.8, 4) is 0 Å². The second-order valence-corrected chi connectivity index (χ2v) is 4.02. The molecule has 0 unspecified atom stereocenters. The fraction of sp³-hybridized carbons (Fsp3) is 0.818. The second-order valence-electron chi connectivity index (χ2n) is 4.02. The van der Waals surface area contributed by atoms with Crippen LogP contribution in [0.1, 0.15) is 40.0 Å². The van der Waals surface area contributed by atoms with E-state index in [1.807, 2.05) is 13.8 Å². The van der Waals surface area contributed by atoms with Gasteiger partial charge in [-0.25, -0.2) is 0 Å². The van der Waals surface area contributed by atoms with E-state index in [4.69, 9.17) is 5.73 Å². The van der Waals surface area contributed by atoms with E-state index in [1.54, 1.807) is 6.92 Å². The van der Waals surface area contributed by atoms with Crippen LogP contribution in [0, 0.1) is 0 Å². The number of carbonyl (C=O) groups is 2. The number of hydrogen-bond acceptors (Lipinski definition) is 4. The van der Waals surface area contributed by atoms with Gasteiger partial charge in [-0.15, -0.1) is 12.4 Å². The molecular formula is C11H23ClN2O3. The van der Waals surface area contributed by atoms with Crippen molar-refractivity contribution in [3.63, 3.8) is 0 Å². The molecule has 0 saturated carbocycles. The summed E-state index contributed by atoms with van der Waals surface area (Å²) >= 11 is 0. The minimum absolute atomic E-state index is 0. The van der Waals surface area contributed by atoms with E-state index in [-0.39, 0.29) is 30.7 Å². The highest BCUT2D eigenvalue weighted by atomic mass is 35.5. The molecule has 17 heavy (non-hydrogen) atoms. The van der Waals surface area contributed by atoms with E-state index in [0.29, 0.717) is 12.8 Å². The maximum absolute atomic E-state index is 11.6. The maximum atomic E-state index is 11.6. The van der Waals surface area contributed by atoms with Gasteiger partial charge in [0.25, 0.3) is 0 Å². The molecule has 0 saturated heterocycles. The van der Waals surface area contributed by atoms with Crippen LogP contribution in [0.25, 0.3) is 0 Å². The summed E-state index contributed by atoms with van der Waals surface area (Å²) in [5.41, 5.74) is 4.94. The van der Waals surface area contributed by atoms with Gasteiger partial charge in [-0.1, -0.05) is 13.8 Å². The summed E-state index contributed by atoms with van der Waals surface area (Å²) in [5.74, 6) is -0.568. The summed E-state index contributed by atoms with van der Waals surface area (Å²) in [5, 5.41) is 2.83. The number of halogens is 1. The molecule has 0 rings (SSSR count). The lowest BCUT2D eigenvalue weighted by Crippen LogP contribution is -2.53. The Kier molecular flexibility index (Phi) is 9.06. The average Bonchev–Trinajstić information content (AvgIpc) is 2.27. The molecular weight excluding hydrogens is 244 g/mol. The number of methoxy groups -OCH3 is 1. The Morgan fingerprint density at radius 3 is 2.12 bits per heavy atom. The van der Waals surface area contributed by atoms with Gasteiger partial charge in [-0.2, -0.15) is 0 Å². The van der Waals surface area contributed by atoms with Gasteiger partial charge < -0.3 is 15.8 Å². The van der Waals surface area contributed by atoms with Crippen LogP contribution in [0.5, 0.6) is 0 Å². The van der Waals surface area contributed by atoms with Gasteiger partial charge in [0.15, 0.2) is 0 Å². The average molecular weight is 267 g/mol. The first kappa shape index (κ1) is 18.6. The lowest BCUT2D eigenvalue weighted by atomic mass is 9.88. The van der Waals surface area contributed by atoms with E-state index < -0.39 is 11.6 Å². The molecule has 0 aromatic heterocycles. The normalized spacial score (nSPS) is 12.3. The van der Waals surface area contributed by atoms with Crippen LogP contribution in [-0.2, 0) is 14.3 Å². The van der Waals surface area contributed by atoms with Crippen molar-refractivity contribution in [3.05, 3.63) is 0 Å². The molecule has 5 nitrogen and oxygen atoms in total. The van der Waals surface area contributed by atoms with Gasteiger partial charge in [0, 0.05) is 0 Å². The molecule has 0 aliphatic carbocycles. The lowest BCUT2D eigenvalue weighted by Gasteiger charge is -2.32. The maximum Gasteiger partial charge on any atom is 0.307 e. The molecule has 0 fully saturated rings. The molecule has 0 bridgehead atoms. The highest BCUT2D eigenvalue weighted by Crippen LogP contribution is 2.20. The Labute approximate surface area is 109 Å². The number of rotatable bonds is 6. The van der Waals surface area contributed by atoms with Gasteiger partial charge >= 0.3 is 5.97 Å². The van der Waals surface area contributed by atoms with Crippen LogP contribution in [-0.4, -0.2) is 30.6 Å². The number of nitrogens with one attached hydrogen (secondary N) is 1. The zero-order valence-electron chi connectivity index (χ0n) is 10.9. The quantitative estimate of drug-likeness (QED) is 0.703. The number of hydrogen-bond donors (Lipinski definition) is 2. The van der Waals surface area contributed by atoms with Gasteiger partial charge in [-0.3, -0.25) is 9.59 Å². The van der Waals surface area contributed by atoms with E-state index in [2.05, 4.69) is 10.1 Å². The minimum atomic E-state index is -0.574.